The first-order valence-electron chi connectivity index (χ1n) is 8.65. The van der Waals surface area contributed by atoms with Gasteiger partial charge in [0.25, 0.3) is 0 Å². The average molecular weight is 415 g/mol. The molecule has 5 nitrogen and oxygen atoms in total. The summed E-state index contributed by atoms with van der Waals surface area (Å²) in [6.45, 7) is 2.15. The van der Waals surface area contributed by atoms with Gasteiger partial charge in [0.2, 0.25) is 0 Å². The number of ether oxygens (including phenoxy) is 2. The Bertz CT molecular complexity index is 848. The van der Waals surface area contributed by atoms with Gasteiger partial charge in [0.15, 0.2) is 11.5 Å². The van der Waals surface area contributed by atoms with Crippen molar-refractivity contribution in [2.45, 2.75) is 31.9 Å². The number of halogens is 4. The van der Waals surface area contributed by atoms with Crippen molar-refractivity contribution in [2.75, 3.05) is 11.4 Å². The molecular weight excluding hydrogens is 397 g/mol. The molecule has 0 unspecified atom stereocenters. The summed E-state index contributed by atoms with van der Waals surface area (Å²) in [5, 5.41) is 2.06. The summed E-state index contributed by atoms with van der Waals surface area (Å²) in [4.78, 5) is 14.0. The van der Waals surface area contributed by atoms with Crippen LogP contribution in [-0.2, 0) is 0 Å². The largest absolute Gasteiger partial charge is 0.492 e. The minimum atomic E-state index is -5.04. The van der Waals surface area contributed by atoms with Crippen LogP contribution in [0, 0.1) is 0 Å². The fraction of sp³-hybridized carbons (Fsp3) is 0.316. The first kappa shape index (κ1) is 20.1. The number of nitrogens with zero attached hydrogens (tertiary/aromatic N) is 1. The van der Waals surface area contributed by atoms with Gasteiger partial charge in [0.05, 0.1) is 0 Å². The summed E-state index contributed by atoms with van der Waals surface area (Å²) in [7, 11) is 0. The van der Waals surface area contributed by atoms with Crippen LogP contribution < -0.4 is 19.7 Å². The number of rotatable bonds is 5. The van der Waals surface area contributed by atoms with E-state index in [4.69, 9.17) is 21.1 Å². The summed E-state index contributed by atoms with van der Waals surface area (Å²) < 4.78 is 51.6. The fourth-order valence-corrected chi connectivity index (χ4v) is 2.86. The van der Waals surface area contributed by atoms with Crippen LogP contribution in [0.5, 0.6) is 11.5 Å². The number of amides is 2. The van der Waals surface area contributed by atoms with Crippen molar-refractivity contribution in [3.63, 3.8) is 0 Å². The van der Waals surface area contributed by atoms with Gasteiger partial charge >= 0.3 is 18.1 Å². The number of fused-ring (bicyclic) bond motifs is 1. The molecule has 1 heterocycles. The molecule has 0 aromatic heterocycles. The predicted octanol–water partition coefficient (Wildman–Crippen LogP) is 5.34. The monoisotopic (exact) mass is 414 g/mol. The molecule has 0 aliphatic carbocycles. The highest BCUT2D eigenvalue weighted by Gasteiger charge is 2.66. The van der Waals surface area contributed by atoms with Gasteiger partial charge < -0.3 is 9.47 Å². The van der Waals surface area contributed by atoms with Gasteiger partial charge in [-0.3, -0.25) is 10.2 Å². The Morgan fingerprint density at radius 1 is 1.14 bits per heavy atom. The number of hydrogen-bond donors (Lipinski definition) is 1. The van der Waals surface area contributed by atoms with E-state index in [-0.39, 0.29) is 23.1 Å². The van der Waals surface area contributed by atoms with Crippen LogP contribution in [0.1, 0.15) is 19.8 Å². The van der Waals surface area contributed by atoms with E-state index >= 15 is 0 Å². The molecule has 1 atom stereocenters. The van der Waals surface area contributed by atoms with Crippen molar-refractivity contribution in [2.24, 2.45) is 0 Å². The average Bonchev–Trinajstić information content (AvgIpc) is 3.01. The lowest BCUT2D eigenvalue weighted by Crippen LogP contribution is -2.66. The number of para-hydroxylation sites is 1. The first-order chi connectivity index (χ1) is 13.3. The van der Waals surface area contributed by atoms with Crippen LogP contribution in [0.4, 0.5) is 23.7 Å². The van der Waals surface area contributed by atoms with Gasteiger partial charge in [-0.25, -0.2) is 4.79 Å². The second-order valence-corrected chi connectivity index (χ2v) is 6.62. The second-order valence-electron chi connectivity index (χ2n) is 6.18. The van der Waals surface area contributed by atoms with Crippen molar-refractivity contribution in [1.29, 1.82) is 0 Å². The second kappa shape index (κ2) is 7.79. The number of unbranched alkanes of at least 4 members (excludes halogenated alkanes) is 1. The summed E-state index contributed by atoms with van der Waals surface area (Å²) in [6.07, 6.45) is -3.67. The molecule has 1 N–H and O–H groups in total. The normalized spacial score (nSPS) is 18.0. The SMILES string of the molecule is CCCCN(C(=O)N[C@]1(C(F)(F)F)Oc2ccc(Cl)cc2O1)c1ccccc1. The van der Waals surface area contributed by atoms with E-state index in [1.807, 2.05) is 12.2 Å². The first-order valence-corrected chi connectivity index (χ1v) is 9.02. The highest BCUT2D eigenvalue weighted by molar-refractivity contribution is 6.30. The van der Waals surface area contributed by atoms with Crippen molar-refractivity contribution in [1.82, 2.24) is 5.32 Å². The van der Waals surface area contributed by atoms with Crippen molar-refractivity contribution < 1.29 is 27.4 Å². The van der Waals surface area contributed by atoms with E-state index in [9.17, 15) is 18.0 Å². The number of alkyl halides is 3. The molecule has 2 amide bonds. The third kappa shape index (κ3) is 3.96. The van der Waals surface area contributed by atoms with Gasteiger partial charge in [-0.1, -0.05) is 43.1 Å². The van der Waals surface area contributed by atoms with Crippen molar-refractivity contribution in [3.05, 3.63) is 53.6 Å². The molecule has 0 radical (unpaired) electrons. The van der Waals surface area contributed by atoms with Crippen molar-refractivity contribution >= 4 is 23.3 Å². The molecule has 150 valence electrons. The molecule has 0 spiro atoms. The maximum atomic E-state index is 13.8. The van der Waals surface area contributed by atoms with E-state index in [0.717, 1.165) is 6.42 Å². The molecule has 0 saturated carbocycles. The van der Waals surface area contributed by atoms with E-state index < -0.39 is 18.1 Å². The summed E-state index contributed by atoms with van der Waals surface area (Å²) in [5.74, 6) is -3.71. The van der Waals surface area contributed by atoms with Crippen LogP contribution in [0.15, 0.2) is 48.5 Å². The van der Waals surface area contributed by atoms with Crippen molar-refractivity contribution in [3.8, 4) is 11.5 Å². The highest BCUT2D eigenvalue weighted by Crippen LogP contribution is 2.46. The van der Waals surface area contributed by atoms with Crippen LogP contribution in [0.25, 0.3) is 0 Å². The zero-order valence-electron chi connectivity index (χ0n) is 14.9. The minimum Gasteiger partial charge on any atom is -0.424 e. The van der Waals surface area contributed by atoms with E-state index in [1.54, 1.807) is 30.3 Å². The number of nitrogens with one attached hydrogen (secondary N) is 1. The molecule has 1 aliphatic rings. The van der Waals surface area contributed by atoms with E-state index in [2.05, 4.69) is 0 Å². The van der Waals surface area contributed by atoms with Crippen LogP contribution >= 0.6 is 11.6 Å². The number of urea groups is 1. The van der Waals surface area contributed by atoms with Gasteiger partial charge in [0, 0.05) is 23.3 Å². The van der Waals surface area contributed by atoms with Crippen LogP contribution in [0.3, 0.4) is 0 Å². The third-order valence-electron chi connectivity index (χ3n) is 4.11. The summed E-state index contributed by atoms with van der Waals surface area (Å²) >= 11 is 5.81. The lowest BCUT2D eigenvalue weighted by Gasteiger charge is -2.32. The number of benzene rings is 2. The molecule has 9 heteroatoms. The fourth-order valence-electron chi connectivity index (χ4n) is 2.69. The Labute approximate surface area is 165 Å². The Hall–Kier alpha value is -2.61. The summed E-state index contributed by atoms with van der Waals surface area (Å²) in [6, 6.07) is 11.3. The molecule has 28 heavy (non-hydrogen) atoms. The maximum absolute atomic E-state index is 13.8. The van der Waals surface area contributed by atoms with E-state index in [0.29, 0.717) is 12.1 Å². The smallest absolute Gasteiger partial charge is 0.424 e. The lowest BCUT2D eigenvalue weighted by molar-refractivity contribution is -0.317. The number of carbonyl (C=O) groups is 1. The Kier molecular flexibility index (Phi) is 5.60. The predicted molar refractivity (Wildman–Crippen MR) is 98.7 cm³/mol. The Morgan fingerprint density at radius 3 is 2.46 bits per heavy atom. The maximum Gasteiger partial charge on any atom is 0.492 e. The third-order valence-corrected chi connectivity index (χ3v) is 4.34. The molecule has 0 fully saturated rings. The molecule has 2 aromatic carbocycles. The van der Waals surface area contributed by atoms with Gasteiger partial charge in [-0.2, -0.15) is 13.2 Å². The van der Waals surface area contributed by atoms with E-state index in [1.165, 1.54) is 23.1 Å². The molecule has 1 aliphatic heterocycles. The summed E-state index contributed by atoms with van der Waals surface area (Å²) in [5.41, 5.74) is 0.462. The Morgan fingerprint density at radius 2 is 1.82 bits per heavy atom. The molecule has 0 saturated heterocycles. The van der Waals surface area contributed by atoms with Gasteiger partial charge in [-0.15, -0.1) is 0 Å². The molecule has 2 aromatic rings. The highest BCUT2D eigenvalue weighted by atomic mass is 35.5. The topological polar surface area (TPSA) is 50.8 Å². The molecule has 0 bridgehead atoms. The molecular formula is C19H18ClF3N2O3. The standard InChI is InChI=1S/C19H18ClF3N2O3/c1-2-3-11-25(14-7-5-4-6-8-14)17(26)24-19(18(21,22)23)27-15-10-9-13(20)12-16(15)28-19/h4-10,12H,2-3,11H2,1H3,(H,24,26)/t19-/m1/s1. The van der Waals surface area contributed by atoms with Gasteiger partial charge in [-0.05, 0) is 30.7 Å². The van der Waals surface area contributed by atoms with Crippen LogP contribution in [-0.4, -0.2) is 24.7 Å². The number of anilines is 1. The minimum absolute atomic E-state index is 0.165. The zero-order chi connectivity index (χ0) is 20.4. The van der Waals surface area contributed by atoms with Gasteiger partial charge in [0.1, 0.15) is 0 Å². The zero-order valence-corrected chi connectivity index (χ0v) is 15.7. The number of hydrogen-bond acceptors (Lipinski definition) is 3. The molecule has 3 rings (SSSR count). The lowest BCUT2D eigenvalue weighted by atomic mass is 10.2. The Balaban J connectivity index is 1.89. The quantitative estimate of drug-likeness (QED) is 0.718. The number of carbonyl (C=O) groups excluding carboxylic acids is 1. The van der Waals surface area contributed by atoms with Crippen LogP contribution in [0.2, 0.25) is 5.02 Å².